The van der Waals surface area contributed by atoms with E-state index in [1.165, 1.54) is 15.9 Å². The second-order valence-corrected chi connectivity index (χ2v) is 8.13. The highest BCUT2D eigenvalue weighted by molar-refractivity contribution is 7.99. The fourth-order valence-electron chi connectivity index (χ4n) is 2.83. The number of para-hydroxylation sites is 1. The summed E-state index contributed by atoms with van der Waals surface area (Å²) in [5.74, 6) is -0.847. The summed E-state index contributed by atoms with van der Waals surface area (Å²) in [6, 6.07) is 12.1. The number of ether oxygens (including phenoxy) is 1. The number of amides is 1. The minimum atomic E-state index is -0.507. The maximum absolute atomic E-state index is 12.5. The molecular weight excluding hydrogens is 438 g/mol. The van der Waals surface area contributed by atoms with Crippen LogP contribution in [0.25, 0.3) is 16.1 Å². The molecule has 2 N–H and O–H groups in total. The number of hydrogen-bond acceptors (Lipinski definition) is 8. The largest absolute Gasteiger partial charge is 0.462 e. The number of carbonyl (C=O) groups is 2. The Morgan fingerprint density at radius 1 is 1.26 bits per heavy atom. The molecule has 0 saturated carbocycles. The Labute approximate surface area is 184 Å². The predicted octanol–water partition coefficient (Wildman–Crippen LogP) is 3.05. The van der Waals surface area contributed by atoms with Crippen molar-refractivity contribution in [2.75, 3.05) is 17.7 Å². The van der Waals surface area contributed by atoms with Gasteiger partial charge in [0.25, 0.3) is 5.56 Å². The second-order valence-electron chi connectivity index (χ2n) is 6.24. The van der Waals surface area contributed by atoms with Gasteiger partial charge in [0.05, 0.1) is 28.5 Å². The summed E-state index contributed by atoms with van der Waals surface area (Å²) < 4.78 is 6.45. The number of thiophene rings is 1. The molecule has 158 valence electrons. The van der Waals surface area contributed by atoms with E-state index in [0.29, 0.717) is 22.1 Å². The zero-order valence-electron chi connectivity index (χ0n) is 16.3. The van der Waals surface area contributed by atoms with Crippen LogP contribution in [-0.4, -0.2) is 44.0 Å². The topological polar surface area (TPSA) is 118 Å². The maximum Gasteiger partial charge on any atom is 0.340 e. The van der Waals surface area contributed by atoms with Crippen molar-refractivity contribution in [1.82, 2.24) is 19.8 Å². The van der Waals surface area contributed by atoms with Crippen molar-refractivity contribution < 1.29 is 14.3 Å². The number of nitrogens with one attached hydrogen (secondary N) is 2. The molecule has 11 heteroatoms. The lowest BCUT2D eigenvalue weighted by atomic mass is 10.2. The number of aromatic nitrogens is 4. The number of benzene rings is 1. The van der Waals surface area contributed by atoms with Gasteiger partial charge in [-0.15, -0.1) is 16.4 Å². The van der Waals surface area contributed by atoms with E-state index in [4.69, 9.17) is 4.74 Å². The summed E-state index contributed by atoms with van der Waals surface area (Å²) in [5, 5.41) is 15.9. The molecule has 0 aliphatic carbocycles. The molecular formula is C20H17N5O4S2. The molecule has 0 unspecified atom stereocenters. The van der Waals surface area contributed by atoms with Gasteiger partial charge in [0.2, 0.25) is 11.1 Å². The lowest BCUT2D eigenvalue weighted by Crippen LogP contribution is -2.19. The number of H-pyrrole nitrogens is 1. The van der Waals surface area contributed by atoms with Crippen LogP contribution < -0.4 is 10.9 Å². The number of hydrogen-bond donors (Lipinski definition) is 2. The van der Waals surface area contributed by atoms with Gasteiger partial charge < -0.3 is 10.1 Å². The fraction of sp³-hybridized carbons (Fsp3) is 0.150. The number of thioether (sulfide) groups is 1. The van der Waals surface area contributed by atoms with Crippen molar-refractivity contribution in [3.8, 4) is 10.6 Å². The van der Waals surface area contributed by atoms with Gasteiger partial charge in [-0.2, -0.15) is 5.10 Å². The molecule has 0 aliphatic heterocycles. The Balaban J connectivity index is 1.51. The monoisotopic (exact) mass is 455 g/mol. The van der Waals surface area contributed by atoms with Crippen molar-refractivity contribution in [3.05, 3.63) is 63.8 Å². The SMILES string of the molecule is CCOC(=O)c1ccccc1NC(=O)CSc1n[nH]c(=O)c2cc(-c3cccs3)nn12. The van der Waals surface area contributed by atoms with E-state index >= 15 is 0 Å². The van der Waals surface area contributed by atoms with Gasteiger partial charge in [-0.1, -0.05) is 30.0 Å². The summed E-state index contributed by atoms with van der Waals surface area (Å²) >= 11 is 2.63. The molecule has 9 nitrogen and oxygen atoms in total. The fourth-order valence-corrected chi connectivity index (χ4v) is 4.21. The van der Waals surface area contributed by atoms with Crippen molar-refractivity contribution >= 4 is 46.2 Å². The van der Waals surface area contributed by atoms with Crippen LogP contribution in [-0.2, 0) is 9.53 Å². The van der Waals surface area contributed by atoms with E-state index in [-0.39, 0.29) is 29.4 Å². The average Bonchev–Trinajstić information content (AvgIpc) is 3.44. The van der Waals surface area contributed by atoms with Gasteiger partial charge in [-0.3, -0.25) is 9.59 Å². The molecule has 0 atom stereocenters. The number of aromatic amines is 1. The zero-order chi connectivity index (χ0) is 21.8. The van der Waals surface area contributed by atoms with Gasteiger partial charge in [0, 0.05) is 0 Å². The molecule has 4 rings (SSSR count). The summed E-state index contributed by atoms with van der Waals surface area (Å²) in [4.78, 5) is 37.6. The van der Waals surface area contributed by atoms with Gasteiger partial charge in [-0.05, 0) is 36.6 Å². The Bertz CT molecular complexity index is 1300. The van der Waals surface area contributed by atoms with Crippen LogP contribution in [0.3, 0.4) is 0 Å². The highest BCUT2D eigenvalue weighted by Crippen LogP contribution is 2.25. The lowest BCUT2D eigenvalue weighted by Gasteiger charge is -2.10. The van der Waals surface area contributed by atoms with E-state index in [0.717, 1.165) is 16.6 Å². The number of fused-ring (bicyclic) bond motifs is 1. The first-order valence-corrected chi connectivity index (χ1v) is 11.1. The van der Waals surface area contributed by atoms with E-state index in [9.17, 15) is 14.4 Å². The van der Waals surface area contributed by atoms with Crippen LogP contribution >= 0.6 is 23.1 Å². The second kappa shape index (κ2) is 9.14. The van der Waals surface area contributed by atoms with Crippen molar-refractivity contribution in [3.63, 3.8) is 0 Å². The van der Waals surface area contributed by atoms with Crippen molar-refractivity contribution in [2.24, 2.45) is 0 Å². The molecule has 0 fully saturated rings. The van der Waals surface area contributed by atoms with Crippen LogP contribution in [0, 0.1) is 0 Å². The normalized spacial score (nSPS) is 10.9. The van der Waals surface area contributed by atoms with E-state index < -0.39 is 5.97 Å². The molecule has 0 aliphatic rings. The number of anilines is 1. The molecule has 31 heavy (non-hydrogen) atoms. The Hall–Kier alpha value is -3.44. The van der Waals surface area contributed by atoms with E-state index in [2.05, 4.69) is 20.6 Å². The third kappa shape index (κ3) is 4.52. The van der Waals surface area contributed by atoms with Crippen LogP contribution in [0.4, 0.5) is 5.69 Å². The lowest BCUT2D eigenvalue weighted by molar-refractivity contribution is -0.113. The summed E-state index contributed by atoms with van der Waals surface area (Å²) in [6.45, 7) is 1.95. The van der Waals surface area contributed by atoms with Crippen LogP contribution in [0.2, 0.25) is 0 Å². The first kappa shape index (κ1) is 20.8. The summed E-state index contributed by atoms with van der Waals surface area (Å²) in [6.07, 6.45) is 0. The standard InChI is InChI=1S/C20H17N5O4S2/c1-2-29-19(28)12-6-3-4-7-13(12)21-17(26)11-31-20-23-22-18(27)15-10-14(24-25(15)20)16-8-5-9-30-16/h3-10H,2,11H2,1H3,(H,21,26)(H,22,27). The molecule has 1 amide bonds. The highest BCUT2D eigenvalue weighted by Gasteiger charge is 2.16. The highest BCUT2D eigenvalue weighted by atomic mass is 32.2. The molecule has 0 bridgehead atoms. The third-order valence-electron chi connectivity index (χ3n) is 4.18. The molecule has 4 aromatic rings. The number of rotatable bonds is 7. The van der Waals surface area contributed by atoms with Gasteiger partial charge in [0.15, 0.2) is 0 Å². The quantitative estimate of drug-likeness (QED) is 0.325. The first-order chi connectivity index (χ1) is 15.1. The van der Waals surface area contributed by atoms with E-state index in [1.54, 1.807) is 37.3 Å². The Morgan fingerprint density at radius 2 is 2.10 bits per heavy atom. The maximum atomic E-state index is 12.5. The minimum absolute atomic E-state index is 0.000497. The average molecular weight is 456 g/mol. The van der Waals surface area contributed by atoms with Crippen LogP contribution in [0.5, 0.6) is 0 Å². The number of nitrogens with zero attached hydrogens (tertiary/aromatic N) is 3. The minimum Gasteiger partial charge on any atom is -0.462 e. The molecule has 0 spiro atoms. The zero-order valence-corrected chi connectivity index (χ0v) is 18.0. The van der Waals surface area contributed by atoms with Gasteiger partial charge >= 0.3 is 5.97 Å². The molecule has 1 aromatic carbocycles. The number of esters is 1. The van der Waals surface area contributed by atoms with E-state index in [1.807, 2.05) is 17.5 Å². The molecule has 3 heterocycles. The van der Waals surface area contributed by atoms with Crippen molar-refractivity contribution in [2.45, 2.75) is 12.1 Å². The van der Waals surface area contributed by atoms with Gasteiger partial charge in [-0.25, -0.2) is 14.4 Å². The Morgan fingerprint density at radius 3 is 2.87 bits per heavy atom. The first-order valence-electron chi connectivity index (χ1n) is 9.28. The smallest absolute Gasteiger partial charge is 0.340 e. The third-order valence-corrected chi connectivity index (χ3v) is 6.00. The van der Waals surface area contributed by atoms with Crippen LogP contribution in [0.1, 0.15) is 17.3 Å². The summed E-state index contributed by atoms with van der Waals surface area (Å²) in [5.41, 5.74) is 1.27. The van der Waals surface area contributed by atoms with Crippen molar-refractivity contribution in [1.29, 1.82) is 0 Å². The summed E-state index contributed by atoms with van der Waals surface area (Å²) in [7, 11) is 0. The molecule has 0 saturated heterocycles. The Kier molecular flexibility index (Phi) is 6.14. The van der Waals surface area contributed by atoms with Crippen LogP contribution in [0.15, 0.2) is 57.8 Å². The molecule has 0 radical (unpaired) electrons. The number of carbonyl (C=O) groups excluding carboxylic acids is 2. The van der Waals surface area contributed by atoms with Gasteiger partial charge in [0.1, 0.15) is 11.2 Å². The molecule has 3 aromatic heterocycles. The predicted molar refractivity (Wildman–Crippen MR) is 119 cm³/mol.